The van der Waals surface area contributed by atoms with E-state index >= 15 is 0 Å². The van der Waals surface area contributed by atoms with Gasteiger partial charge in [-0.15, -0.1) is 21.5 Å². The van der Waals surface area contributed by atoms with Gasteiger partial charge in [0.2, 0.25) is 0 Å². The Hall–Kier alpha value is -2.84. The first-order valence-electron chi connectivity index (χ1n) is 7.73. The molecule has 0 saturated heterocycles. The summed E-state index contributed by atoms with van der Waals surface area (Å²) in [6.45, 7) is -0.117. The second-order valence-electron chi connectivity index (χ2n) is 5.16. The van der Waals surface area contributed by atoms with E-state index in [4.69, 9.17) is 30.2 Å². The van der Waals surface area contributed by atoms with Gasteiger partial charge in [-0.3, -0.25) is 0 Å². The molecule has 0 amide bonds. The first kappa shape index (κ1) is 18.9. The van der Waals surface area contributed by atoms with Gasteiger partial charge in [-0.25, -0.2) is 4.79 Å². The Morgan fingerprint density at radius 2 is 2.15 bits per heavy atom. The highest BCUT2D eigenvalue weighted by molar-refractivity contribution is 7.13. The molecule has 0 bridgehead atoms. The molecule has 1 aromatic carbocycles. The van der Waals surface area contributed by atoms with Crippen LogP contribution in [0.1, 0.15) is 11.5 Å². The molecule has 0 spiro atoms. The molecule has 7 nitrogen and oxygen atoms in total. The van der Waals surface area contributed by atoms with Crippen molar-refractivity contribution in [2.24, 2.45) is 0 Å². The Morgan fingerprint density at radius 3 is 2.85 bits per heavy atom. The first-order chi connectivity index (χ1) is 13.1. The number of carbonyl (C=O) groups is 1. The summed E-state index contributed by atoms with van der Waals surface area (Å²) in [5.41, 5.74) is 0.660. The van der Waals surface area contributed by atoms with E-state index in [0.29, 0.717) is 28.0 Å². The van der Waals surface area contributed by atoms with Crippen LogP contribution in [0.5, 0.6) is 11.5 Å². The number of esters is 1. The molecule has 0 aliphatic rings. The number of hydrogen-bond donors (Lipinski definition) is 0. The summed E-state index contributed by atoms with van der Waals surface area (Å²) in [4.78, 5) is 12.8. The van der Waals surface area contributed by atoms with Gasteiger partial charge in [-0.1, -0.05) is 17.7 Å². The van der Waals surface area contributed by atoms with Crippen LogP contribution in [-0.4, -0.2) is 30.4 Å². The first-order valence-corrected chi connectivity index (χ1v) is 8.99. The van der Waals surface area contributed by atoms with Crippen LogP contribution in [-0.2, 0) is 16.1 Å². The molecule has 0 atom stereocenters. The molecule has 9 heteroatoms. The lowest BCUT2D eigenvalue weighted by Gasteiger charge is -2.10. The molecule has 0 N–H and O–H groups in total. The zero-order valence-electron chi connectivity index (χ0n) is 14.5. The van der Waals surface area contributed by atoms with E-state index in [1.807, 2.05) is 17.5 Å². The molecule has 3 aromatic rings. The molecule has 0 radical (unpaired) electrons. The van der Waals surface area contributed by atoms with Crippen molar-refractivity contribution >= 4 is 35.0 Å². The maximum absolute atomic E-state index is 11.9. The molecule has 0 aliphatic carbocycles. The lowest BCUT2D eigenvalue weighted by atomic mass is 10.2. The second-order valence-corrected chi connectivity index (χ2v) is 6.51. The Labute approximate surface area is 164 Å². The van der Waals surface area contributed by atoms with Crippen LogP contribution < -0.4 is 9.47 Å². The van der Waals surface area contributed by atoms with E-state index in [1.165, 1.54) is 31.6 Å². The van der Waals surface area contributed by atoms with Gasteiger partial charge in [0.15, 0.2) is 18.1 Å². The lowest BCUT2D eigenvalue weighted by molar-refractivity contribution is -0.139. The molecule has 27 heavy (non-hydrogen) atoms. The Bertz CT molecular complexity index is 953. The summed E-state index contributed by atoms with van der Waals surface area (Å²) in [7, 11) is 3.00. The predicted octanol–water partition coefficient (Wildman–Crippen LogP) is 4.23. The van der Waals surface area contributed by atoms with Crippen molar-refractivity contribution in [3.63, 3.8) is 0 Å². The summed E-state index contributed by atoms with van der Waals surface area (Å²) >= 11 is 7.61. The fraction of sp³-hybridized carbons (Fsp3) is 0.167. The van der Waals surface area contributed by atoms with Crippen LogP contribution in [0.4, 0.5) is 0 Å². The van der Waals surface area contributed by atoms with Crippen LogP contribution in [0, 0.1) is 0 Å². The SMILES string of the molecule is COc1cc(/C=C/C(=O)OCc2nnc(-c3cccs3)o2)cc(Cl)c1OC. The number of methoxy groups -OCH3 is 2. The number of carbonyl (C=O) groups excluding carboxylic acids is 1. The van der Waals surface area contributed by atoms with Crippen molar-refractivity contribution in [2.75, 3.05) is 14.2 Å². The molecule has 0 unspecified atom stereocenters. The minimum Gasteiger partial charge on any atom is -0.493 e. The summed E-state index contributed by atoms with van der Waals surface area (Å²) in [5, 5.41) is 10.1. The molecular weight excluding hydrogens is 392 g/mol. The van der Waals surface area contributed by atoms with Gasteiger partial charge in [-0.05, 0) is 35.2 Å². The maximum Gasteiger partial charge on any atom is 0.331 e. The van der Waals surface area contributed by atoms with Crippen molar-refractivity contribution in [2.45, 2.75) is 6.61 Å². The minimum atomic E-state index is -0.559. The standard InChI is InChI=1S/C18H15ClN2O5S/c1-23-13-9-11(8-12(19)17(13)24-2)5-6-16(22)25-10-15-20-21-18(26-15)14-4-3-7-27-14/h3-9H,10H2,1-2H3/b6-5+. The number of ether oxygens (including phenoxy) is 3. The van der Waals surface area contributed by atoms with E-state index in [-0.39, 0.29) is 12.5 Å². The zero-order chi connectivity index (χ0) is 19.2. The number of benzene rings is 1. The summed E-state index contributed by atoms with van der Waals surface area (Å²) in [5.74, 6) is 0.944. The average molecular weight is 407 g/mol. The molecule has 0 fully saturated rings. The van der Waals surface area contributed by atoms with Crippen molar-refractivity contribution in [1.82, 2.24) is 10.2 Å². The van der Waals surface area contributed by atoms with Gasteiger partial charge < -0.3 is 18.6 Å². The van der Waals surface area contributed by atoms with Crippen LogP contribution in [0.25, 0.3) is 16.8 Å². The quantitative estimate of drug-likeness (QED) is 0.429. The number of thiophene rings is 1. The number of rotatable bonds is 7. The molecular formula is C18H15ClN2O5S. The Kier molecular flexibility index (Phi) is 6.10. The zero-order valence-corrected chi connectivity index (χ0v) is 16.0. The van der Waals surface area contributed by atoms with Crippen LogP contribution in [0.3, 0.4) is 0 Å². The largest absolute Gasteiger partial charge is 0.493 e. The summed E-state index contributed by atoms with van der Waals surface area (Å²) in [6, 6.07) is 7.10. The molecule has 3 rings (SSSR count). The number of hydrogen-bond acceptors (Lipinski definition) is 8. The second kappa shape index (κ2) is 8.70. The van der Waals surface area contributed by atoms with E-state index in [2.05, 4.69) is 10.2 Å². The molecule has 0 saturated carbocycles. The molecule has 0 aliphatic heterocycles. The van der Waals surface area contributed by atoms with Crippen molar-refractivity contribution in [3.8, 4) is 22.3 Å². The van der Waals surface area contributed by atoms with E-state index < -0.39 is 5.97 Å². The van der Waals surface area contributed by atoms with Crippen molar-refractivity contribution < 1.29 is 23.4 Å². The fourth-order valence-electron chi connectivity index (χ4n) is 2.19. The highest BCUT2D eigenvalue weighted by Gasteiger charge is 2.12. The molecule has 2 heterocycles. The van der Waals surface area contributed by atoms with Crippen LogP contribution >= 0.6 is 22.9 Å². The smallest absolute Gasteiger partial charge is 0.331 e. The highest BCUT2D eigenvalue weighted by atomic mass is 35.5. The number of nitrogens with zero attached hydrogens (tertiary/aromatic N) is 2. The average Bonchev–Trinajstić information content (AvgIpc) is 3.35. The topological polar surface area (TPSA) is 83.7 Å². The third-order valence-corrected chi connectivity index (χ3v) is 4.54. The molecule has 140 valence electrons. The van der Waals surface area contributed by atoms with Crippen LogP contribution in [0.2, 0.25) is 5.02 Å². The van der Waals surface area contributed by atoms with Gasteiger partial charge in [0.25, 0.3) is 11.8 Å². The van der Waals surface area contributed by atoms with Gasteiger partial charge in [0, 0.05) is 6.08 Å². The maximum atomic E-state index is 11.9. The van der Waals surface area contributed by atoms with Crippen molar-refractivity contribution in [1.29, 1.82) is 0 Å². The van der Waals surface area contributed by atoms with Gasteiger partial charge in [0.1, 0.15) is 0 Å². The van der Waals surface area contributed by atoms with E-state index in [9.17, 15) is 4.79 Å². The van der Waals surface area contributed by atoms with E-state index in [1.54, 1.807) is 18.2 Å². The summed E-state index contributed by atoms with van der Waals surface area (Å²) in [6.07, 6.45) is 2.83. The van der Waals surface area contributed by atoms with Gasteiger partial charge in [0.05, 0.1) is 24.1 Å². The summed E-state index contributed by atoms with van der Waals surface area (Å²) < 4.78 is 20.9. The van der Waals surface area contributed by atoms with Gasteiger partial charge >= 0.3 is 5.97 Å². The van der Waals surface area contributed by atoms with E-state index in [0.717, 1.165) is 4.88 Å². The minimum absolute atomic E-state index is 0.117. The monoisotopic (exact) mass is 406 g/mol. The fourth-order valence-corrected chi connectivity index (χ4v) is 3.13. The number of aromatic nitrogens is 2. The number of halogens is 1. The third kappa shape index (κ3) is 4.66. The predicted molar refractivity (Wildman–Crippen MR) is 101 cm³/mol. The Balaban J connectivity index is 1.60. The molecule has 2 aromatic heterocycles. The highest BCUT2D eigenvalue weighted by Crippen LogP contribution is 2.36. The third-order valence-electron chi connectivity index (χ3n) is 3.40. The Morgan fingerprint density at radius 1 is 1.30 bits per heavy atom. The van der Waals surface area contributed by atoms with Crippen molar-refractivity contribution in [3.05, 3.63) is 52.2 Å². The normalized spacial score (nSPS) is 10.9. The van der Waals surface area contributed by atoms with Crippen LogP contribution in [0.15, 0.2) is 40.1 Å². The van der Waals surface area contributed by atoms with Gasteiger partial charge in [-0.2, -0.15) is 0 Å². The lowest BCUT2D eigenvalue weighted by Crippen LogP contribution is -2.01.